The summed E-state index contributed by atoms with van der Waals surface area (Å²) >= 11 is 0. The van der Waals surface area contributed by atoms with Crippen LogP contribution in [0.2, 0.25) is 0 Å². The Morgan fingerprint density at radius 2 is 1.88 bits per heavy atom. The molecule has 24 heavy (non-hydrogen) atoms. The lowest BCUT2D eigenvalue weighted by Crippen LogP contribution is -2.32. The molecule has 0 aliphatic heterocycles. The minimum Gasteiger partial charge on any atom is -0.350 e. The van der Waals surface area contributed by atoms with Gasteiger partial charge >= 0.3 is 0 Å². The molecule has 5 heteroatoms. The monoisotopic (exact) mass is 322 g/mol. The van der Waals surface area contributed by atoms with Gasteiger partial charge in [0.1, 0.15) is 0 Å². The highest BCUT2D eigenvalue weighted by molar-refractivity contribution is 6.02. The van der Waals surface area contributed by atoms with Gasteiger partial charge in [0, 0.05) is 18.3 Å². The van der Waals surface area contributed by atoms with Crippen LogP contribution in [0.4, 0.5) is 0 Å². The normalized spacial score (nSPS) is 12.3. The van der Waals surface area contributed by atoms with Gasteiger partial charge < -0.3 is 11.1 Å². The molecule has 0 aliphatic carbocycles. The van der Waals surface area contributed by atoms with Crippen molar-refractivity contribution in [1.82, 2.24) is 14.9 Å². The third kappa shape index (κ3) is 3.03. The Balaban J connectivity index is 1.77. The van der Waals surface area contributed by atoms with Crippen molar-refractivity contribution in [3.05, 3.63) is 70.5 Å². The fourth-order valence-corrected chi connectivity index (χ4v) is 2.82. The molecule has 1 aromatic carbocycles. The number of rotatable bonds is 4. The molecule has 1 atom stereocenters. The second-order valence-electron chi connectivity index (χ2n) is 6.15. The lowest BCUT2D eigenvalue weighted by atomic mass is 10.1. The standard InChI is InChI=1S/C19H22N4O/c1-12-7-9-15(10-8-12)16(20)11-21-19(24)18-14(3)22-23-13(2)5-4-6-17(18)23/h4-10,16H,11,20H2,1-3H3,(H,21,24). The van der Waals surface area contributed by atoms with E-state index in [4.69, 9.17) is 5.73 Å². The van der Waals surface area contributed by atoms with E-state index in [1.807, 2.05) is 63.2 Å². The van der Waals surface area contributed by atoms with E-state index >= 15 is 0 Å². The van der Waals surface area contributed by atoms with E-state index in [-0.39, 0.29) is 11.9 Å². The summed E-state index contributed by atoms with van der Waals surface area (Å²) in [6.45, 7) is 6.23. The Morgan fingerprint density at radius 3 is 2.58 bits per heavy atom. The van der Waals surface area contributed by atoms with Gasteiger partial charge in [0.2, 0.25) is 0 Å². The van der Waals surface area contributed by atoms with Crippen LogP contribution < -0.4 is 11.1 Å². The van der Waals surface area contributed by atoms with Gasteiger partial charge in [-0.05, 0) is 38.5 Å². The van der Waals surface area contributed by atoms with Crippen LogP contribution in [0.1, 0.15) is 38.9 Å². The number of amides is 1. The number of hydrogen-bond acceptors (Lipinski definition) is 3. The number of nitrogens with one attached hydrogen (secondary N) is 1. The summed E-state index contributed by atoms with van der Waals surface area (Å²) in [7, 11) is 0. The maximum Gasteiger partial charge on any atom is 0.255 e. The van der Waals surface area contributed by atoms with Crippen LogP contribution in [0.3, 0.4) is 0 Å². The number of carbonyl (C=O) groups excluding carboxylic acids is 1. The van der Waals surface area contributed by atoms with Gasteiger partial charge in [-0.3, -0.25) is 4.79 Å². The molecule has 124 valence electrons. The van der Waals surface area contributed by atoms with Crippen molar-refractivity contribution in [2.45, 2.75) is 26.8 Å². The predicted molar refractivity (Wildman–Crippen MR) is 95.1 cm³/mol. The molecule has 0 fully saturated rings. The summed E-state index contributed by atoms with van der Waals surface area (Å²) < 4.78 is 1.80. The van der Waals surface area contributed by atoms with Crippen molar-refractivity contribution in [3.63, 3.8) is 0 Å². The first kappa shape index (κ1) is 16.2. The Kier molecular flexibility index (Phi) is 4.36. The van der Waals surface area contributed by atoms with Crippen LogP contribution in [-0.2, 0) is 0 Å². The summed E-state index contributed by atoms with van der Waals surface area (Å²) in [4.78, 5) is 12.6. The smallest absolute Gasteiger partial charge is 0.255 e. The zero-order valence-corrected chi connectivity index (χ0v) is 14.2. The summed E-state index contributed by atoms with van der Waals surface area (Å²) in [5.74, 6) is -0.143. The van der Waals surface area contributed by atoms with Gasteiger partial charge in [-0.2, -0.15) is 5.10 Å². The topological polar surface area (TPSA) is 72.4 Å². The summed E-state index contributed by atoms with van der Waals surface area (Å²) in [6, 6.07) is 13.6. The Labute approximate surface area is 141 Å². The number of fused-ring (bicyclic) bond motifs is 1. The lowest BCUT2D eigenvalue weighted by molar-refractivity contribution is 0.0952. The van der Waals surface area contributed by atoms with Gasteiger partial charge in [0.05, 0.1) is 16.8 Å². The average molecular weight is 322 g/mol. The van der Waals surface area contributed by atoms with Crippen LogP contribution >= 0.6 is 0 Å². The van der Waals surface area contributed by atoms with Crippen molar-refractivity contribution < 1.29 is 4.79 Å². The van der Waals surface area contributed by atoms with Crippen LogP contribution in [0.5, 0.6) is 0 Å². The average Bonchev–Trinajstić information content (AvgIpc) is 2.90. The first-order valence-electron chi connectivity index (χ1n) is 8.02. The maximum atomic E-state index is 12.6. The molecule has 0 radical (unpaired) electrons. The fourth-order valence-electron chi connectivity index (χ4n) is 2.82. The Bertz CT molecular complexity index is 880. The molecule has 3 aromatic rings. The number of benzene rings is 1. The predicted octanol–water partition coefficient (Wildman–Crippen LogP) is 2.69. The van der Waals surface area contributed by atoms with Gasteiger partial charge in [-0.1, -0.05) is 35.9 Å². The lowest BCUT2D eigenvalue weighted by Gasteiger charge is -2.13. The zero-order chi connectivity index (χ0) is 17.3. The first-order chi connectivity index (χ1) is 11.5. The molecular formula is C19H22N4O. The van der Waals surface area contributed by atoms with Crippen LogP contribution in [0.15, 0.2) is 42.5 Å². The molecule has 5 nitrogen and oxygen atoms in total. The van der Waals surface area contributed by atoms with E-state index in [1.165, 1.54) is 5.56 Å². The van der Waals surface area contributed by atoms with Crippen molar-refractivity contribution in [3.8, 4) is 0 Å². The highest BCUT2D eigenvalue weighted by atomic mass is 16.1. The van der Waals surface area contributed by atoms with Crippen LogP contribution in [-0.4, -0.2) is 22.1 Å². The minimum absolute atomic E-state index is 0.143. The third-order valence-electron chi connectivity index (χ3n) is 4.24. The van der Waals surface area contributed by atoms with Crippen molar-refractivity contribution in [2.75, 3.05) is 6.54 Å². The second-order valence-corrected chi connectivity index (χ2v) is 6.15. The first-order valence-corrected chi connectivity index (χ1v) is 8.02. The SMILES string of the molecule is Cc1ccc(C(N)CNC(=O)c2c(C)nn3c(C)cccc23)cc1. The Hall–Kier alpha value is -2.66. The Morgan fingerprint density at radius 1 is 1.17 bits per heavy atom. The quantitative estimate of drug-likeness (QED) is 0.776. The zero-order valence-electron chi connectivity index (χ0n) is 14.2. The molecule has 0 saturated carbocycles. The summed E-state index contributed by atoms with van der Waals surface area (Å²) in [5, 5.41) is 7.39. The number of carbonyl (C=O) groups is 1. The van der Waals surface area contributed by atoms with Gasteiger partial charge in [0.15, 0.2) is 0 Å². The van der Waals surface area contributed by atoms with E-state index in [1.54, 1.807) is 4.52 Å². The second kappa shape index (κ2) is 6.45. The molecule has 0 aliphatic rings. The maximum absolute atomic E-state index is 12.6. The number of aromatic nitrogens is 2. The highest BCUT2D eigenvalue weighted by Gasteiger charge is 2.18. The molecule has 3 rings (SSSR count). The van der Waals surface area contributed by atoms with Gasteiger partial charge in [-0.15, -0.1) is 0 Å². The number of nitrogens with two attached hydrogens (primary N) is 1. The fraction of sp³-hybridized carbons (Fsp3) is 0.263. The van der Waals surface area contributed by atoms with Crippen LogP contribution in [0, 0.1) is 20.8 Å². The molecule has 2 heterocycles. The number of aryl methyl sites for hydroxylation is 3. The van der Waals surface area contributed by atoms with Crippen molar-refractivity contribution >= 4 is 11.4 Å². The minimum atomic E-state index is -0.238. The number of nitrogens with zero attached hydrogens (tertiary/aromatic N) is 2. The third-order valence-corrected chi connectivity index (χ3v) is 4.24. The number of pyridine rings is 1. The molecule has 2 aromatic heterocycles. The largest absolute Gasteiger partial charge is 0.350 e. The molecule has 3 N–H and O–H groups in total. The molecule has 0 saturated heterocycles. The van der Waals surface area contributed by atoms with E-state index in [9.17, 15) is 4.79 Å². The van der Waals surface area contributed by atoms with Crippen LogP contribution in [0.25, 0.3) is 5.52 Å². The molecule has 0 spiro atoms. The van der Waals surface area contributed by atoms with Gasteiger partial charge in [-0.25, -0.2) is 4.52 Å². The summed E-state index contributed by atoms with van der Waals surface area (Å²) in [5.41, 5.74) is 11.5. The van der Waals surface area contributed by atoms with E-state index in [2.05, 4.69) is 10.4 Å². The number of hydrogen-bond donors (Lipinski definition) is 2. The van der Waals surface area contributed by atoms with Gasteiger partial charge in [0.25, 0.3) is 5.91 Å². The molecule has 1 amide bonds. The molecule has 0 bridgehead atoms. The highest BCUT2D eigenvalue weighted by Crippen LogP contribution is 2.17. The molecular weight excluding hydrogens is 300 g/mol. The van der Waals surface area contributed by atoms with E-state index in [0.717, 1.165) is 16.8 Å². The molecule has 1 unspecified atom stereocenters. The van der Waals surface area contributed by atoms with E-state index in [0.29, 0.717) is 17.8 Å². The summed E-state index contributed by atoms with van der Waals surface area (Å²) in [6.07, 6.45) is 0. The van der Waals surface area contributed by atoms with Crippen molar-refractivity contribution in [1.29, 1.82) is 0 Å². The van der Waals surface area contributed by atoms with Crippen molar-refractivity contribution in [2.24, 2.45) is 5.73 Å². The van der Waals surface area contributed by atoms with E-state index < -0.39 is 0 Å².